The number of carbonyl (C=O) groups excluding carboxylic acids is 8. The second-order valence-corrected chi connectivity index (χ2v) is 17.2. The molecule has 1 fully saturated rings. The minimum absolute atomic E-state index is 0.0223. The lowest BCUT2D eigenvalue weighted by atomic mass is 10.0. The third kappa shape index (κ3) is 17.2. The summed E-state index contributed by atoms with van der Waals surface area (Å²) in [6, 6.07) is -11.7. The zero-order chi connectivity index (χ0) is 48.4. The van der Waals surface area contributed by atoms with Crippen LogP contribution in [-0.4, -0.2) is 169 Å². The van der Waals surface area contributed by atoms with Crippen LogP contribution in [-0.2, 0) is 49.6 Å². The van der Waals surface area contributed by atoms with Crippen LogP contribution in [0.3, 0.4) is 0 Å². The molecule has 8 amide bonds. The zero-order valence-corrected chi connectivity index (χ0v) is 38.6. The van der Waals surface area contributed by atoms with E-state index in [1.807, 2.05) is 0 Å². The monoisotopic (exact) mass is 943 g/mol. The van der Waals surface area contributed by atoms with Crippen LogP contribution in [0.5, 0.6) is 0 Å². The lowest BCUT2D eigenvalue weighted by molar-refractivity contribution is -0.143. The molecule has 64 heavy (non-hydrogen) atoms. The number of likely N-dealkylation sites (tertiary alicyclic amines) is 1. The number of carboxylic acid groups (broad SMARTS) is 1. The van der Waals surface area contributed by atoms with Crippen molar-refractivity contribution < 1.29 is 58.5 Å². The summed E-state index contributed by atoms with van der Waals surface area (Å²) in [5.41, 5.74) is 6.07. The molecule has 0 saturated carbocycles. The van der Waals surface area contributed by atoms with Crippen LogP contribution in [0.25, 0.3) is 0 Å². The van der Waals surface area contributed by atoms with Gasteiger partial charge >= 0.3 is 5.97 Å². The van der Waals surface area contributed by atoms with E-state index in [2.05, 4.69) is 72.4 Å². The van der Waals surface area contributed by atoms with E-state index in [1.165, 1.54) is 31.3 Å². The van der Waals surface area contributed by atoms with E-state index in [1.54, 1.807) is 27.7 Å². The molecular weight excluding hydrogens is 879 g/mol. The van der Waals surface area contributed by atoms with Crippen molar-refractivity contribution in [2.24, 2.45) is 17.6 Å². The lowest BCUT2D eigenvalue weighted by Crippen LogP contribution is -2.62. The highest BCUT2D eigenvalue weighted by molar-refractivity contribution is 7.80. The number of amides is 8. The molecule has 0 aromatic carbocycles. The van der Waals surface area contributed by atoms with Crippen molar-refractivity contribution in [3.8, 4) is 0 Å². The van der Waals surface area contributed by atoms with Crippen LogP contribution in [0.15, 0.2) is 12.5 Å². The first-order valence-electron chi connectivity index (χ1n) is 20.9. The molecule has 2 rings (SSSR count). The summed E-state index contributed by atoms with van der Waals surface area (Å²) in [5, 5.41) is 47.3. The Morgan fingerprint density at radius 2 is 1.30 bits per heavy atom. The number of nitrogens with zero attached hydrogens (tertiary/aromatic N) is 2. The van der Waals surface area contributed by atoms with Gasteiger partial charge in [0.2, 0.25) is 47.3 Å². The molecule has 0 spiro atoms. The van der Waals surface area contributed by atoms with E-state index in [0.717, 1.165) is 0 Å². The van der Waals surface area contributed by atoms with E-state index in [9.17, 15) is 58.5 Å². The Labute approximate surface area is 382 Å². The van der Waals surface area contributed by atoms with Crippen molar-refractivity contribution in [1.82, 2.24) is 52.1 Å². The second kappa shape index (κ2) is 26.7. The SMILES string of the molecule is CC(C)C[C@H](NC(=O)[C@H](C)NC(=O)[C@H](Cc1cnc[nH]1)NC(=O)[C@@H](NC(=O)[C@H](CC(C)C)NC(=O)[C@@H]1CCCN1C(=O)[C@H](CO)NC(=O)[C@@H](N)CS)[C@@H](C)O)C(=O)N[C@@H](CS)C(=O)O. The number of aromatic amines is 1. The molecule has 13 N–H and O–H groups in total. The Kier molecular flexibility index (Phi) is 23.0. The number of nitrogens with two attached hydrogens (primary N) is 1. The average molecular weight is 944 g/mol. The number of H-pyrrole nitrogens is 1. The molecule has 0 aliphatic carbocycles. The molecule has 2 heterocycles. The number of carboxylic acids is 1. The molecule has 1 aromatic rings. The molecular formula is C39H65N11O12S2. The van der Waals surface area contributed by atoms with Crippen molar-refractivity contribution in [2.45, 2.75) is 134 Å². The number of hydrogen-bond donors (Lipinski definition) is 14. The highest BCUT2D eigenvalue weighted by Crippen LogP contribution is 2.20. The van der Waals surface area contributed by atoms with Crippen LogP contribution in [0, 0.1) is 11.8 Å². The predicted molar refractivity (Wildman–Crippen MR) is 237 cm³/mol. The number of aliphatic hydroxyl groups excluding tert-OH is 2. The van der Waals surface area contributed by atoms with Gasteiger partial charge in [-0.2, -0.15) is 25.3 Å². The van der Waals surface area contributed by atoms with Gasteiger partial charge in [-0.15, -0.1) is 0 Å². The molecule has 1 aliphatic rings. The largest absolute Gasteiger partial charge is 0.480 e. The van der Waals surface area contributed by atoms with Crippen molar-refractivity contribution in [1.29, 1.82) is 0 Å². The number of aromatic nitrogens is 2. The first-order chi connectivity index (χ1) is 30.0. The van der Waals surface area contributed by atoms with Gasteiger partial charge in [-0.3, -0.25) is 38.4 Å². The van der Waals surface area contributed by atoms with Gasteiger partial charge in [-0.1, -0.05) is 27.7 Å². The summed E-state index contributed by atoms with van der Waals surface area (Å²) in [5.74, 6) is -8.36. The molecule has 0 unspecified atom stereocenters. The zero-order valence-electron chi connectivity index (χ0n) is 36.8. The van der Waals surface area contributed by atoms with Crippen molar-refractivity contribution in [2.75, 3.05) is 24.7 Å². The fourth-order valence-electron chi connectivity index (χ4n) is 6.60. The molecule has 0 bridgehead atoms. The van der Waals surface area contributed by atoms with Crippen LogP contribution >= 0.6 is 25.3 Å². The van der Waals surface area contributed by atoms with Gasteiger partial charge in [0.15, 0.2) is 0 Å². The number of aliphatic hydroxyl groups is 2. The maximum Gasteiger partial charge on any atom is 0.327 e. The van der Waals surface area contributed by atoms with Crippen molar-refractivity contribution in [3.63, 3.8) is 0 Å². The molecule has 1 aliphatic heterocycles. The van der Waals surface area contributed by atoms with E-state index in [4.69, 9.17) is 5.73 Å². The van der Waals surface area contributed by atoms with E-state index in [0.29, 0.717) is 12.1 Å². The molecule has 1 aromatic heterocycles. The van der Waals surface area contributed by atoms with Crippen LogP contribution < -0.4 is 43.0 Å². The highest BCUT2D eigenvalue weighted by Gasteiger charge is 2.40. The number of rotatable bonds is 26. The van der Waals surface area contributed by atoms with Gasteiger partial charge in [0.05, 0.1) is 25.1 Å². The van der Waals surface area contributed by atoms with Gasteiger partial charge in [-0.25, -0.2) is 9.78 Å². The maximum absolute atomic E-state index is 13.8. The van der Waals surface area contributed by atoms with E-state index < -0.39 is 120 Å². The summed E-state index contributed by atoms with van der Waals surface area (Å²) < 4.78 is 0. The predicted octanol–water partition coefficient (Wildman–Crippen LogP) is -3.91. The third-order valence-corrected chi connectivity index (χ3v) is 10.8. The van der Waals surface area contributed by atoms with E-state index >= 15 is 0 Å². The van der Waals surface area contributed by atoms with E-state index in [-0.39, 0.29) is 55.6 Å². The quantitative estimate of drug-likeness (QED) is 0.0395. The van der Waals surface area contributed by atoms with Crippen molar-refractivity contribution in [3.05, 3.63) is 18.2 Å². The molecule has 360 valence electrons. The highest BCUT2D eigenvalue weighted by atomic mass is 32.1. The molecule has 23 nitrogen and oxygen atoms in total. The lowest BCUT2D eigenvalue weighted by Gasteiger charge is -2.30. The van der Waals surface area contributed by atoms with Gasteiger partial charge < -0.3 is 68.2 Å². The Balaban J connectivity index is 2.26. The van der Waals surface area contributed by atoms with Crippen molar-refractivity contribution >= 4 is 78.5 Å². The molecule has 0 radical (unpaired) electrons. The maximum atomic E-state index is 13.8. The van der Waals surface area contributed by atoms with Gasteiger partial charge in [0.25, 0.3) is 0 Å². The average Bonchev–Trinajstić information content (AvgIpc) is 3.94. The minimum atomic E-state index is -1.68. The number of nitrogens with one attached hydrogen (secondary N) is 8. The summed E-state index contributed by atoms with van der Waals surface area (Å²) in [6.45, 7) is 9.01. The number of imidazole rings is 1. The Hall–Kier alpha value is -4.98. The minimum Gasteiger partial charge on any atom is -0.480 e. The Morgan fingerprint density at radius 3 is 1.81 bits per heavy atom. The Morgan fingerprint density at radius 1 is 0.750 bits per heavy atom. The van der Waals surface area contributed by atoms with Crippen LogP contribution in [0.4, 0.5) is 0 Å². The first-order valence-corrected chi connectivity index (χ1v) is 22.2. The first kappa shape index (κ1) is 55.2. The van der Waals surface area contributed by atoms with Crippen LogP contribution in [0.2, 0.25) is 0 Å². The normalized spacial score (nSPS) is 18.0. The molecule has 25 heteroatoms. The van der Waals surface area contributed by atoms with Crippen LogP contribution in [0.1, 0.15) is 72.9 Å². The van der Waals surface area contributed by atoms with Gasteiger partial charge in [0.1, 0.15) is 48.3 Å². The molecule has 1 saturated heterocycles. The summed E-state index contributed by atoms with van der Waals surface area (Å²) in [7, 11) is 0. The standard InChI is InChI=1S/C39H65N11O12S2/c1-18(2)10-24(34(56)48-28(16-64)39(61)62)44-31(53)20(5)43-33(55)26(12-22-13-41-17-42-22)46-37(59)30(21(6)52)49-35(57)25(11-19(3)4)45-36(58)29-8-7-9-50(29)38(60)27(14-51)47-32(54)23(40)15-63/h13,17-21,23-30,51-52,63-64H,7-12,14-16,40H2,1-6H3,(H,41,42)(H,43,55)(H,44,53)(H,45,58)(H,46,59)(H,47,54)(H,48,56)(H,49,57)(H,61,62)/t20-,21+,23-,24-,25-,26-,27-,28-,29-,30-/m0/s1. The van der Waals surface area contributed by atoms with Gasteiger partial charge in [-0.05, 0) is 51.4 Å². The number of aliphatic carboxylic acids is 1. The van der Waals surface area contributed by atoms with Gasteiger partial charge in [0, 0.05) is 36.4 Å². The number of thiol groups is 2. The Bertz CT molecular complexity index is 1770. The second-order valence-electron chi connectivity index (χ2n) is 16.5. The number of carbonyl (C=O) groups is 9. The number of hydrogen-bond acceptors (Lipinski definition) is 15. The smallest absolute Gasteiger partial charge is 0.327 e. The summed E-state index contributed by atoms with van der Waals surface area (Å²) >= 11 is 7.92. The molecule has 10 atom stereocenters. The summed E-state index contributed by atoms with van der Waals surface area (Å²) in [4.78, 5) is 127. The fourth-order valence-corrected chi connectivity index (χ4v) is 7.02. The topological polar surface area (TPSA) is 356 Å². The fraction of sp³-hybridized carbons (Fsp3) is 0.692. The summed E-state index contributed by atoms with van der Waals surface area (Å²) in [6.07, 6.45) is 1.76. The third-order valence-electron chi connectivity index (χ3n) is 10.1.